The van der Waals surface area contributed by atoms with Gasteiger partial charge in [-0.15, -0.1) is 0 Å². The van der Waals surface area contributed by atoms with Crippen LogP contribution >= 0.6 is 0 Å². The fourth-order valence-electron chi connectivity index (χ4n) is 4.34. The van der Waals surface area contributed by atoms with Crippen molar-refractivity contribution >= 4 is 24.2 Å². The molecule has 11 heteroatoms. The van der Waals surface area contributed by atoms with Crippen LogP contribution in [0.15, 0.2) is 18.2 Å². The van der Waals surface area contributed by atoms with Gasteiger partial charge < -0.3 is 34.5 Å². The molecule has 3 N–H and O–H groups in total. The van der Waals surface area contributed by atoms with Crippen LogP contribution < -0.4 is 15.2 Å². The maximum atomic E-state index is 12.6. The van der Waals surface area contributed by atoms with E-state index in [4.69, 9.17) is 29.4 Å². The highest BCUT2D eigenvalue weighted by Gasteiger charge is 2.36. The van der Waals surface area contributed by atoms with E-state index in [0.29, 0.717) is 18.4 Å². The van der Waals surface area contributed by atoms with E-state index < -0.39 is 60.4 Å². The number of hydrogen-bond donors (Lipinski definition) is 2. The van der Waals surface area contributed by atoms with Crippen LogP contribution in [0, 0.1) is 17.8 Å². The highest BCUT2D eigenvalue weighted by Crippen LogP contribution is 2.37. The lowest BCUT2D eigenvalue weighted by molar-refractivity contribution is -0.157. The van der Waals surface area contributed by atoms with E-state index in [2.05, 4.69) is 0 Å². The zero-order valence-corrected chi connectivity index (χ0v) is 26.4. The van der Waals surface area contributed by atoms with Crippen LogP contribution in [0.2, 0.25) is 0 Å². The third-order valence-electron chi connectivity index (χ3n) is 7.38. The minimum absolute atomic E-state index is 0.0563. The Bertz CT molecular complexity index is 1040. The molecule has 0 aliphatic heterocycles. The van der Waals surface area contributed by atoms with Crippen molar-refractivity contribution in [3.05, 3.63) is 23.8 Å². The van der Waals surface area contributed by atoms with Gasteiger partial charge in [-0.1, -0.05) is 60.5 Å². The minimum Gasteiger partial charge on any atom is -0.480 e. The lowest BCUT2D eigenvalue weighted by Gasteiger charge is -2.32. The summed E-state index contributed by atoms with van der Waals surface area (Å²) in [5, 5.41) is 9.83. The lowest BCUT2D eigenvalue weighted by Crippen LogP contribution is -2.43. The quantitative estimate of drug-likeness (QED) is 0.123. The summed E-state index contributed by atoms with van der Waals surface area (Å²) in [6.07, 6.45) is -0.721. The Hall–Kier alpha value is -3.34. The van der Waals surface area contributed by atoms with Gasteiger partial charge in [0.2, 0.25) is 0 Å². The monoisotopic (exact) mass is 595 g/mol. The van der Waals surface area contributed by atoms with Crippen LogP contribution in [0.5, 0.6) is 11.5 Å². The second kappa shape index (κ2) is 17.6. The summed E-state index contributed by atoms with van der Waals surface area (Å²) in [6, 6.07) is 2.86. The number of ether oxygens (including phenoxy) is 5. The number of carboxylic acids is 1. The first-order chi connectivity index (χ1) is 19.6. The number of rotatable bonds is 16. The third kappa shape index (κ3) is 11.5. The average molecular weight is 596 g/mol. The number of carbonyl (C=O) groups is 4. The summed E-state index contributed by atoms with van der Waals surface area (Å²) in [7, 11) is 0. The van der Waals surface area contributed by atoms with Crippen LogP contribution in [0.4, 0.5) is 9.59 Å². The molecule has 11 nitrogen and oxygen atoms in total. The molecule has 0 amide bonds. The molecule has 1 aromatic rings. The van der Waals surface area contributed by atoms with E-state index >= 15 is 0 Å². The molecule has 0 aromatic heterocycles. The Morgan fingerprint density at radius 2 is 1.29 bits per heavy atom. The van der Waals surface area contributed by atoms with Crippen molar-refractivity contribution in [2.75, 3.05) is 0 Å². The van der Waals surface area contributed by atoms with E-state index in [-0.39, 0.29) is 23.3 Å². The number of nitrogens with two attached hydrogens (primary N) is 1. The van der Waals surface area contributed by atoms with Crippen LogP contribution in [-0.4, -0.2) is 53.7 Å². The van der Waals surface area contributed by atoms with E-state index in [1.54, 1.807) is 34.6 Å². The normalized spacial score (nSPS) is 16.3. The first-order valence-electron chi connectivity index (χ1n) is 14.7. The zero-order valence-electron chi connectivity index (χ0n) is 26.4. The largest absolute Gasteiger partial charge is 0.514 e. The number of hydrogen-bond acceptors (Lipinski definition) is 10. The molecule has 0 saturated heterocycles. The van der Waals surface area contributed by atoms with Gasteiger partial charge in [-0.25, -0.2) is 9.59 Å². The smallest absolute Gasteiger partial charge is 0.480 e. The van der Waals surface area contributed by atoms with Crippen molar-refractivity contribution in [3.8, 4) is 11.5 Å². The minimum atomic E-state index is -1.40. The van der Waals surface area contributed by atoms with Gasteiger partial charge in [0.15, 0.2) is 11.5 Å². The van der Waals surface area contributed by atoms with Crippen LogP contribution in [0.25, 0.3) is 0 Å². The second-order valence-corrected chi connectivity index (χ2v) is 11.3. The molecule has 6 unspecified atom stereocenters. The van der Waals surface area contributed by atoms with Gasteiger partial charge in [-0.2, -0.15) is 0 Å². The fraction of sp³-hybridized carbons (Fsp3) is 0.677. The summed E-state index contributed by atoms with van der Waals surface area (Å²) in [5.74, 6) is -3.76. The maximum Gasteiger partial charge on any atom is 0.514 e. The molecule has 0 fully saturated rings. The Kier molecular flexibility index (Phi) is 15.4. The van der Waals surface area contributed by atoms with Gasteiger partial charge in [0.1, 0.15) is 24.4 Å². The van der Waals surface area contributed by atoms with Gasteiger partial charge in [0.25, 0.3) is 0 Å². The molecule has 238 valence electrons. The molecule has 0 heterocycles. The molecule has 0 spiro atoms. The summed E-state index contributed by atoms with van der Waals surface area (Å²) >= 11 is 0. The summed E-state index contributed by atoms with van der Waals surface area (Å²) < 4.78 is 27.0. The van der Waals surface area contributed by atoms with Gasteiger partial charge in [0.05, 0.1) is 5.92 Å². The van der Waals surface area contributed by atoms with E-state index in [1.165, 1.54) is 18.2 Å². The summed E-state index contributed by atoms with van der Waals surface area (Å²) in [4.78, 5) is 49.8. The van der Waals surface area contributed by atoms with Gasteiger partial charge in [0, 0.05) is 11.8 Å². The number of aliphatic carboxylic acids is 1. The van der Waals surface area contributed by atoms with Crippen molar-refractivity contribution in [3.63, 3.8) is 0 Å². The van der Waals surface area contributed by atoms with Gasteiger partial charge in [-0.05, 0) is 57.2 Å². The molecule has 7 atom stereocenters. The van der Waals surface area contributed by atoms with Crippen molar-refractivity contribution in [1.82, 2.24) is 0 Å². The molecule has 1 aromatic carbocycles. The SMILES string of the molecule is CCCC(C)OC(=O)Oc1ccc(C(C(C)C(C)OC(=O)C(C)C(C)C)[C@H](N)C(=O)O)cc1OC(=O)OC(C)CCC. The Morgan fingerprint density at radius 3 is 1.74 bits per heavy atom. The fourth-order valence-corrected chi connectivity index (χ4v) is 4.34. The molecular formula is C31H49NO10. The first-order valence-corrected chi connectivity index (χ1v) is 14.7. The Labute approximate surface area is 249 Å². The lowest BCUT2D eigenvalue weighted by atomic mass is 9.79. The number of esters is 1. The molecule has 0 radical (unpaired) electrons. The molecule has 42 heavy (non-hydrogen) atoms. The molecular weight excluding hydrogens is 546 g/mol. The summed E-state index contributed by atoms with van der Waals surface area (Å²) in [5.41, 5.74) is 6.51. The second-order valence-electron chi connectivity index (χ2n) is 11.3. The number of carboxylic acid groups (broad SMARTS) is 1. The van der Waals surface area contributed by atoms with Gasteiger partial charge >= 0.3 is 24.2 Å². The maximum absolute atomic E-state index is 12.6. The highest BCUT2D eigenvalue weighted by atomic mass is 16.7. The average Bonchev–Trinajstić information content (AvgIpc) is 2.89. The van der Waals surface area contributed by atoms with Crippen molar-refractivity contribution in [2.24, 2.45) is 23.5 Å². The number of benzene rings is 1. The van der Waals surface area contributed by atoms with Crippen LogP contribution in [0.1, 0.15) is 99.5 Å². The molecule has 1 rings (SSSR count). The number of carbonyl (C=O) groups excluding carboxylic acids is 3. The van der Waals surface area contributed by atoms with Gasteiger partial charge in [-0.3, -0.25) is 9.59 Å². The predicted molar refractivity (Wildman–Crippen MR) is 156 cm³/mol. The summed E-state index contributed by atoms with van der Waals surface area (Å²) in [6.45, 7) is 16.3. The van der Waals surface area contributed by atoms with Crippen molar-refractivity contribution < 1.29 is 48.0 Å². The third-order valence-corrected chi connectivity index (χ3v) is 7.38. The van der Waals surface area contributed by atoms with E-state index in [9.17, 15) is 24.3 Å². The van der Waals surface area contributed by atoms with Crippen molar-refractivity contribution in [2.45, 2.75) is 118 Å². The van der Waals surface area contributed by atoms with Crippen molar-refractivity contribution in [1.29, 1.82) is 0 Å². The Balaban J connectivity index is 3.46. The zero-order chi connectivity index (χ0) is 32.1. The van der Waals surface area contributed by atoms with Crippen LogP contribution in [-0.2, 0) is 23.8 Å². The topological polar surface area (TPSA) is 161 Å². The van der Waals surface area contributed by atoms with Crippen LogP contribution in [0.3, 0.4) is 0 Å². The molecule has 0 bridgehead atoms. The van der Waals surface area contributed by atoms with E-state index in [0.717, 1.165) is 12.8 Å². The molecule has 0 aliphatic rings. The Morgan fingerprint density at radius 1 is 0.786 bits per heavy atom. The highest BCUT2D eigenvalue weighted by molar-refractivity contribution is 5.75. The molecule has 0 saturated carbocycles. The predicted octanol–water partition coefficient (Wildman–Crippen LogP) is 6.45. The molecule has 0 aliphatic carbocycles. The first kappa shape index (κ1) is 36.7. The van der Waals surface area contributed by atoms with E-state index in [1.807, 2.05) is 27.7 Å². The standard InChI is InChI=1S/C31H49NO10/c1-10-12-18(5)38-30(36)41-24-15-14-23(16-25(24)42-31(37)39-19(6)13-11-2)26(27(32)28(33)34)21(8)22(9)40-29(35)20(7)17(3)4/h14-22,26-27H,10-13,32H2,1-9H3,(H,33,34)/t18?,19?,20?,21?,22?,26?,27-/m0/s1.